The molecule has 19 heavy (non-hydrogen) atoms. The summed E-state index contributed by atoms with van der Waals surface area (Å²) in [6.45, 7) is 11.0. The number of pyridine rings is 1. The first-order chi connectivity index (χ1) is 8.94. The number of aryl methyl sites for hydroxylation is 1. The van der Waals surface area contributed by atoms with Crippen LogP contribution in [0.25, 0.3) is 0 Å². The number of anilines is 1. The highest BCUT2D eigenvalue weighted by Crippen LogP contribution is 2.16. The van der Waals surface area contributed by atoms with Gasteiger partial charge in [-0.15, -0.1) is 0 Å². The van der Waals surface area contributed by atoms with Gasteiger partial charge in [0, 0.05) is 23.3 Å². The summed E-state index contributed by atoms with van der Waals surface area (Å²) in [5.41, 5.74) is 1.36. The van der Waals surface area contributed by atoms with Crippen LogP contribution in [0.3, 0.4) is 0 Å². The molecule has 1 heterocycles. The van der Waals surface area contributed by atoms with E-state index in [9.17, 15) is 4.79 Å². The van der Waals surface area contributed by atoms with Gasteiger partial charge in [0.15, 0.2) is 0 Å². The summed E-state index contributed by atoms with van der Waals surface area (Å²) in [5, 5.41) is 6.25. The van der Waals surface area contributed by atoms with Crippen molar-refractivity contribution in [1.82, 2.24) is 10.3 Å². The molecule has 1 rings (SSSR count). The summed E-state index contributed by atoms with van der Waals surface area (Å²) in [6, 6.07) is 3.62. The van der Waals surface area contributed by atoms with Gasteiger partial charge in [0.25, 0.3) is 5.91 Å². The topological polar surface area (TPSA) is 54.0 Å². The molecule has 0 radical (unpaired) electrons. The van der Waals surface area contributed by atoms with Gasteiger partial charge in [-0.25, -0.2) is 4.98 Å². The van der Waals surface area contributed by atoms with Crippen LogP contribution in [-0.4, -0.2) is 23.0 Å². The Balaban J connectivity index is 2.93. The molecule has 0 aliphatic heterocycles. The van der Waals surface area contributed by atoms with Crippen LogP contribution >= 0.6 is 0 Å². The molecule has 0 aliphatic rings. The Morgan fingerprint density at radius 3 is 2.42 bits per heavy atom. The Morgan fingerprint density at radius 1 is 1.26 bits per heavy atom. The van der Waals surface area contributed by atoms with Crippen molar-refractivity contribution in [3.63, 3.8) is 0 Å². The highest BCUT2D eigenvalue weighted by atomic mass is 16.1. The van der Waals surface area contributed by atoms with Crippen LogP contribution in [0.2, 0.25) is 0 Å². The molecule has 0 atom stereocenters. The maximum absolute atomic E-state index is 12.3. The zero-order valence-corrected chi connectivity index (χ0v) is 12.6. The Kier molecular flexibility index (Phi) is 5.33. The fraction of sp³-hybridized carbons (Fsp3) is 0.600. The molecule has 0 unspecified atom stereocenters. The maximum atomic E-state index is 12.3. The van der Waals surface area contributed by atoms with Crippen molar-refractivity contribution in [1.29, 1.82) is 0 Å². The fourth-order valence-electron chi connectivity index (χ4n) is 1.84. The Labute approximate surface area is 116 Å². The number of hydrogen-bond donors (Lipinski definition) is 2. The molecule has 0 fully saturated rings. The van der Waals surface area contributed by atoms with Gasteiger partial charge in [-0.3, -0.25) is 4.79 Å². The number of carbonyl (C=O) groups is 1. The van der Waals surface area contributed by atoms with E-state index in [2.05, 4.69) is 36.4 Å². The van der Waals surface area contributed by atoms with Gasteiger partial charge in [0.2, 0.25) is 0 Å². The molecule has 1 aromatic rings. The summed E-state index contributed by atoms with van der Waals surface area (Å²) < 4.78 is 0. The number of nitrogens with one attached hydrogen (secondary N) is 2. The average molecular weight is 263 g/mol. The summed E-state index contributed by atoms with van der Waals surface area (Å²) >= 11 is 0. The molecule has 2 N–H and O–H groups in total. The predicted octanol–water partition coefficient (Wildman–Crippen LogP) is 3.13. The van der Waals surface area contributed by atoms with Gasteiger partial charge < -0.3 is 10.6 Å². The van der Waals surface area contributed by atoms with Crippen LogP contribution in [0.5, 0.6) is 0 Å². The van der Waals surface area contributed by atoms with E-state index in [1.807, 2.05) is 19.9 Å². The molecule has 1 amide bonds. The smallest absolute Gasteiger partial charge is 0.251 e. The first-order valence-corrected chi connectivity index (χ1v) is 6.99. The zero-order valence-electron chi connectivity index (χ0n) is 12.6. The van der Waals surface area contributed by atoms with Crippen LogP contribution < -0.4 is 10.6 Å². The minimum atomic E-state index is -0.146. The van der Waals surface area contributed by atoms with E-state index in [1.54, 1.807) is 6.07 Å². The van der Waals surface area contributed by atoms with E-state index in [-0.39, 0.29) is 11.4 Å². The monoisotopic (exact) mass is 263 g/mol. The second kappa shape index (κ2) is 6.55. The average Bonchev–Trinajstić information content (AvgIpc) is 2.38. The van der Waals surface area contributed by atoms with Gasteiger partial charge in [0.05, 0.1) is 0 Å². The van der Waals surface area contributed by atoms with Gasteiger partial charge in [-0.05, 0) is 45.7 Å². The SMILES string of the molecule is CCNc1cc(C(=O)NC(C)(CC)CC)cc(C)n1. The molecule has 0 saturated carbocycles. The molecule has 0 saturated heterocycles. The van der Waals surface area contributed by atoms with Gasteiger partial charge in [-0.2, -0.15) is 0 Å². The van der Waals surface area contributed by atoms with E-state index in [0.29, 0.717) is 5.56 Å². The molecule has 0 spiro atoms. The normalized spacial score (nSPS) is 11.2. The fourth-order valence-corrected chi connectivity index (χ4v) is 1.84. The number of rotatable bonds is 6. The van der Waals surface area contributed by atoms with Crippen molar-refractivity contribution in [3.8, 4) is 0 Å². The largest absolute Gasteiger partial charge is 0.370 e. The highest BCUT2D eigenvalue weighted by molar-refractivity contribution is 5.95. The highest BCUT2D eigenvalue weighted by Gasteiger charge is 2.22. The number of nitrogens with zero attached hydrogens (tertiary/aromatic N) is 1. The van der Waals surface area contributed by atoms with Crippen LogP contribution in [0.1, 0.15) is 56.6 Å². The van der Waals surface area contributed by atoms with Crippen molar-refractivity contribution < 1.29 is 4.79 Å². The first-order valence-electron chi connectivity index (χ1n) is 6.99. The van der Waals surface area contributed by atoms with Crippen LogP contribution in [-0.2, 0) is 0 Å². The standard InChI is InChI=1S/C15H25N3O/c1-6-15(5,7-2)18-14(19)12-9-11(4)17-13(10-12)16-8-3/h9-10H,6-8H2,1-5H3,(H,16,17)(H,18,19). The first kappa shape index (κ1) is 15.5. The molecule has 1 aromatic heterocycles. The lowest BCUT2D eigenvalue weighted by molar-refractivity contribution is 0.0901. The van der Waals surface area contributed by atoms with E-state index in [1.165, 1.54) is 0 Å². The second-order valence-corrected chi connectivity index (χ2v) is 5.13. The van der Waals surface area contributed by atoms with Gasteiger partial charge in [-0.1, -0.05) is 13.8 Å². The molecule has 4 nitrogen and oxygen atoms in total. The van der Waals surface area contributed by atoms with E-state index < -0.39 is 0 Å². The predicted molar refractivity (Wildman–Crippen MR) is 79.6 cm³/mol. The maximum Gasteiger partial charge on any atom is 0.251 e. The molecule has 106 valence electrons. The van der Waals surface area contributed by atoms with E-state index >= 15 is 0 Å². The molecule has 4 heteroatoms. The quantitative estimate of drug-likeness (QED) is 0.829. The van der Waals surface area contributed by atoms with Gasteiger partial charge in [0.1, 0.15) is 5.82 Å². The lowest BCUT2D eigenvalue weighted by Gasteiger charge is -2.28. The number of carbonyl (C=O) groups excluding carboxylic acids is 1. The van der Waals surface area contributed by atoms with Crippen LogP contribution in [0.15, 0.2) is 12.1 Å². The van der Waals surface area contributed by atoms with Crippen molar-refractivity contribution in [2.75, 3.05) is 11.9 Å². The minimum Gasteiger partial charge on any atom is -0.370 e. The molecule has 0 bridgehead atoms. The van der Waals surface area contributed by atoms with E-state index in [4.69, 9.17) is 0 Å². The van der Waals surface area contributed by atoms with Crippen molar-refractivity contribution in [3.05, 3.63) is 23.4 Å². The van der Waals surface area contributed by atoms with Crippen LogP contribution in [0.4, 0.5) is 5.82 Å². The Hall–Kier alpha value is -1.58. The summed E-state index contributed by atoms with van der Waals surface area (Å²) in [4.78, 5) is 16.7. The molecular formula is C15H25N3O. The lowest BCUT2D eigenvalue weighted by Crippen LogP contribution is -2.45. The number of hydrogen-bond acceptors (Lipinski definition) is 3. The second-order valence-electron chi connectivity index (χ2n) is 5.13. The Bertz CT molecular complexity index is 439. The minimum absolute atomic E-state index is 0.0316. The van der Waals surface area contributed by atoms with Crippen molar-refractivity contribution >= 4 is 11.7 Å². The van der Waals surface area contributed by atoms with Crippen molar-refractivity contribution in [2.45, 2.75) is 53.0 Å². The summed E-state index contributed by atoms with van der Waals surface area (Å²) in [7, 11) is 0. The third-order valence-electron chi connectivity index (χ3n) is 3.55. The summed E-state index contributed by atoms with van der Waals surface area (Å²) in [6.07, 6.45) is 1.83. The number of aromatic nitrogens is 1. The number of amides is 1. The van der Waals surface area contributed by atoms with Crippen molar-refractivity contribution in [2.24, 2.45) is 0 Å². The molecule has 0 aliphatic carbocycles. The molecule has 0 aromatic carbocycles. The zero-order chi connectivity index (χ0) is 14.5. The Morgan fingerprint density at radius 2 is 1.89 bits per heavy atom. The lowest BCUT2D eigenvalue weighted by atomic mass is 9.95. The van der Waals surface area contributed by atoms with E-state index in [0.717, 1.165) is 30.9 Å². The molecular weight excluding hydrogens is 238 g/mol. The van der Waals surface area contributed by atoms with Gasteiger partial charge >= 0.3 is 0 Å². The van der Waals surface area contributed by atoms with Crippen LogP contribution in [0, 0.1) is 6.92 Å². The third kappa shape index (κ3) is 4.23. The summed E-state index contributed by atoms with van der Waals surface area (Å²) in [5.74, 6) is 0.721. The third-order valence-corrected chi connectivity index (χ3v) is 3.55.